The number of benzene rings is 1. The lowest BCUT2D eigenvalue weighted by Crippen LogP contribution is -2.28. The van der Waals surface area contributed by atoms with Gasteiger partial charge in [-0.2, -0.15) is 0 Å². The Labute approximate surface area is 114 Å². The molecule has 3 heteroatoms. The molecule has 0 spiro atoms. The normalized spacial score (nSPS) is 23.9. The summed E-state index contributed by atoms with van der Waals surface area (Å²) in [4.78, 5) is 4.83. The molecule has 0 unspecified atom stereocenters. The highest BCUT2D eigenvalue weighted by Crippen LogP contribution is 2.32. The van der Waals surface area contributed by atoms with E-state index in [2.05, 4.69) is 35.8 Å². The van der Waals surface area contributed by atoms with Crippen molar-refractivity contribution in [2.45, 2.75) is 57.5 Å². The van der Waals surface area contributed by atoms with Gasteiger partial charge in [0.05, 0.1) is 11.0 Å². The van der Waals surface area contributed by atoms with E-state index in [4.69, 9.17) is 10.7 Å². The molecular formula is C16H23N3. The second-order valence-electron chi connectivity index (χ2n) is 5.71. The Balaban J connectivity index is 2.02. The zero-order valence-corrected chi connectivity index (χ0v) is 11.7. The largest absolute Gasteiger partial charge is 0.328 e. The van der Waals surface area contributed by atoms with E-state index in [1.165, 1.54) is 24.2 Å². The van der Waals surface area contributed by atoms with Gasteiger partial charge in [0.2, 0.25) is 0 Å². The Morgan fingerprint density at radius 2 is 1.95 bits per heavy atom. The monoisotopic (exact) mass is 257 g/mol. The van der Waals surface area contributed by atoms with Gasteiger partial charge in [0.15, 0.2) is 0 Å². The number of hydrogen-bond acceptors (Lipinski definition) is 2. The van der Waals surface area contributed by atoms with E-state index in [0.717, 1.165) is 31.2 Å². The first-order valence-electron chi connectivity index (χ1n) is 7.51. The van der Waals surface area contributed by atoms with Crippen molar-refractivity contribution in [2.24, 2.45) is 5.73 Å². The topological polar surface area (TPSA) is 43.8 Å². The molecule has 2 aromatic rings. The SMILES string of the molecule is CCCc1nc2ccccc2n1C1CCC(N)CC1. The molecule has 0 aliphatic heterocycles. The maximum atomic E-state index is 6.03. The van der Waals surface area contributed by atoms with Crippen molar-refractivity contribution in [3.05, 3.63) is 30.1 Å². The summed E-state index contributed by atoms with van der Waals surface area (Å²) in [5.74, 6) is 1.25. The minimum atomic E-state index is 0.403. The van der Waals surface area contributed by atoms with Crippen LogP contribution in [0.3, 0.4) is 0 Å². The van der Waals surface area contributed by atoms with Crippen LogP contribution in [0.15, 0.2) is 24.3 Å². The smallest absolute Gasteiger partial charge is 0.110 e. The van der Waals surface area contributed by atoms with Gasteiger partial charge < -0.3 is 10.3 Å². The average molecular weight is 257 g/mol. The van der Waals surface area contributed by atoms with E-state index in [9.17, 15) is 0 Å². The summed E-state index contributed by atoms with van der Waals surface area (Å²) in [5, 5.41) is 0. The molecule has 3 nitrogen and oxygen atoms in total. The van der Waals surface area contributed by atoms with Gasteiger partial charge in [-0.1, -0.05) is 19.1 Å². The molecule has 0 radical (unpaired) electrons. The molecule has 0 saturated heterocycles. The quantitative estimate of drug-likeness (QED) is 0.915. The minimum Gasteiger partial charge on any atom is -0.328 e. The third kappa shape index (κ3) is 2.39. The summed E-state index contributed by atoms with van der Waals surface area (Å²) in [5.41, 5.74) is 8.47. The van der Waals surface area contributed by atoms with Crippen LogP contribution in [0.2, 0.25) is 0 Å². The van der Waals surface area contributed by atoms with Crippen LogP contribution in [0.4, 0.5) is 0 Å². The van der Waals surface area contributed by atoms with Gasteiger partial charge >= 0.3 is 0 Å². The molecule has 1 saturated carbocycles. The molecule has 0 atom stereocenters. The number of nitrogens with two attached hydrogens (primary N) is 1. The Bertz CT molecular complexity index is 550. The molecule has 1 aliphatic carbocycles. The average Bonchev–Trinajstić information content (AvgIpc) is 2.78. The Hall–Kier alpha value is -1.35. The number of aromatic nitrogens is 2. The van der Waals surface area contributed by atoms with Gasteiger partial charge in [-0.15, -0.1) is 0 Å². The maximum Gasteiger partial charge on any atom is 0.110 e. The first kappa shape index (κ1) is 12.7. The van der Waals surface area contributed by atoms with Gasteiger partial charge in [-0.05, 0) is 44.2 Å². The number of hydrogen-bond donors (Lipinski definition) is 1. The summed E-state index contributed by atoms with van der Waals surface area (Å²) in [6.45, 7) is 2.22. The van der Waals surface area contributed by atoms with E-state index in [1.807, 2.05) is 0 Å². The molecule has 0 bridgehead atoms. The zero-order valence-electron chi connectivity index (χ0n) is 11.7. The lowest BCUT2D eigenvalue weighted by Gasteiger charge is -2.29. The minimum absolute atomic E-state index is 0.403. The zero-order chi connectivity index (χ0) is 13.2. The van der Waals surface area contributed by atoms with Gasteiger partial charge in [0.1, 0.15) is 5.82 Å². The Morgan fingerprint density at radius 1 is 1.21 bits per heavy atom. The number of aryl methyl sites for hydroxylation is 1. The van der Waals surface area contributed by atoms with Gasteiger partial charge in [-0.3, -0.25) is 0 Å². The van der Waals surface area contributed by atoms with Crippen LogP contribution in [0.1, 0.15) is 50.9 Å². The van der Waals surface area contributed by atoms with E-state index in [1.54, 1.807) is 0 Å². The summed E-state index contributed by atoms with van der Waals surface area (Å²) in [7, 11) is 0. The molecule has 1 fully saturated rings. The molecule has 19 heavy (non-hydrogen) atoms. The van der Waals surface area contributed by atoms with Crippen LogP contribution < -0.4 is 5.73 Å². The molecule has 1 aliphatic rings. The molecule has 2 N–H and O–H groups in total. The van der Waals surface area contributed by atoms with E-state index < -0.39 is 0 Å². The Kier molecular flexibility index (Phi) is 3.56. The van der Waals surface area contributed by atoms with Crippen LogP contribution >= 0.6 is 0 Å². The third-order valence-electron chi connectivity index (χ3n) is 4.25. The van der Waals surface area contributed by atoms with Crippen molar-refractivity contribution in [2.75, 3.05) is 0 Å². The highest BCUT2D eigenvalue weighted by Gasteiger charge is 2.23. The van der Waals surface area contributed by atoms with E-state index in [0.29, 0.717) is 12.1 Å². The highest BCUT2D eigenvalue weighted by molar-refractivity contribution is 5.76. The van der Waals surface area contributed by atoms with Crippen molar-refractivity contribution in [3.63, 3.8) is 0 Å². The first-order chi connectivity index (χ1) is 9.29. The maximum absolute atomic E-state index is 6.03. The summed E-state index contributed by atoms with van der Waals surface area (Å²) >= 11 is 0. The second kappa shape index (κ2) is 5.33. The number of fused-ring (bicyclic) bond motifs is 1. The predicted octanol–water partition coefficient (Wildman–Crippen LogP) is 3.43. The van der Waals surface area contributed by atoms with Crippen LogP contribution in [0.5, 0.6) is 0 Å². The van der Waals surface area contributed by atoms with Gasteiger partial charge in [0, 0.05) is 18.5 Å². The lowest BCUT2D eigenvalue weighted by molar-refractivity contribution is 0.323. The van der Waals surface area contributed by atoms with Crippen LogP contribution in [-0.4, -0.2) is 15.6 Å². The van der Waals surface area contributed by atoms with Crippen LogP contribution in [0, 0.1) is 0 Å². The fourth-order valence-electron chi connectivity index (χ4n) is 3.26. The third-order valence-corrected chi connectivity index (χ3v) is 4.25. The standard InChI is InChI=1S/C16H23N3/c1-2-5-16-18-14-6-3-4-7-15(14)19(16)13-10-8-12(17)9-11-13/h3-4,6-7,12-13H,2,5,8-11,17H2,1H3. The molecule has 102 valence electrons. The Morgan fingerprint density at radius 3 is 2.68 bits per heavy atom. The first-order valence-corrected chi connectivity index (χ1v) is 7.51. The van der Waals surface area contributed by atoms with Crippen LogP contribution in [0.25, 0.3) is 11.0 Å². The van der Waals surface area contributed by atoms with Crippen molar-refractivity contribution in [1.82, 2.24) is 9.55 Å². The lowest BCUT2D eigenvalue weighted by atomic mass is 9.91. The van der Waals surface area contributed by atoms with Gasteiger partial charge in [-0.25, -0.2) is 4.98 Å². The summed E-state index contributed by atoms with van der Waals surface area (Å²) < 4.78 is 2.49. The highest BCUT2D eigenvalue weighted by atomic mass is 15.1. The molecule has 1 heterocycles. The van der Waals surface area contributed by atoms with Crippen molar-refractivity contribution in [1.29, 1.82) is 0 Å². The molecule has 1 aromatic heterocycles. The molecular weight excluding hydrogens is 234 g/mol. The number of imidazole rings is 1. The summed E-state index contributed by atoms with van der Waals surface area (Å²) in [6, 6.07) is 9.52. The van der Waals surface area contributed by atoms with Crippen LogP contribution in [-0.2, 0) is 6.42 Å². The fourth-order valence-corrected chi connectivity index (χ4v) is 3.26. The second-order valence-corrected chi connectivity index (χ2v) is 5.71. The van der Waals surface area contributed by atoms with Crippen molar-refractivity contribution >= 4 is 11.0 Å². The number of nitrogens with zero attached hydrogens (tertiary/aromatic N) is 2. The van der Waals surface area contributed by atoms with Crippen molar-refractivity contribution < 1.29 is 0 Å². The summed E-state index contributed by atoms with van der Waals surface area (Å²) in [6.07, 6.45) is 6.88. The predicted molar refractivity (Wildman–Crippen MR) is 79.2 cm³/mol. The molecule has 1 aromatic carbocycles. The van der Waals surface area contributed by atoms with Gasteiger partial charge in [0.25, 0.3) is 0 Å². The molecule has 3 rings (SSSR count). The molecule has 0 amide bonds. The van der Waals surface area contributed by atoms with Crippen molar-refractivity contribution in [3.8, 4) is 0 Å². The fraction of sp³-hybridized carbons (Fsp3) is 0.562. The number of para-hydroxylation sites is 2. The van der Waals surface area contributed by atoms with E-state index in [-0.39, 0.29) is 0 Å². The van der Waals surface area contributed by atoms with E-state index >= 15 is 0 Å². The number of rotatable bonds is 3.